The fraction of sp³-hybridized carbons (Fsp3) is 0.0625. The molecule has 1 amide bonds. The first kappa shape index (κ1) is 15.0. The maximum Gasteiger partial charge on any atom is 0.253 e. The van der Waals surface area contributed by atoms with E-state index in [9.17, 15) is 13.6 Å². The van der Waals surface area contributed by atoms with Gasteiger partial charge < -0.3 is 5.32 Å². The lowest BCUT2D eigenvalue weighted by atomic mass is 10.2. The molecule has 21 heavy (non-hydrogen) atoms. The van der Waals surface area contributed by atoms with Crippen LogP contribution in [-0.4, -0.2) is 12.5 Å². The number of nitrogens with one attached hydrogen (secondary N) is 1. The summed E-state index contributed by atoms with van der Waals surface area (Å²) in [5.74, 6) is 2.78. The Bertz CT molecular complexity index is 720. The number of hydrogen-bond acceptors (Lipinski definition) is 1. The standard InChI is InChI=1S/C16H10ClF2NO/c17-13-10-15(19)14(18)9-12(13)16(21)20-8-4-7-11-5-2-1-3-6-11/h1-3,5-6,9-10H,8H2,(H,20,21). The molecule has 5 heteroatoms. The average Bonchev–Trinajstić information content (AvgIpc) is 2.48. The van der Waals surface area contributed by atoms with Crippen LogP contribution in [-0.2, 0) is 0 Å². The molecule has 0 saturated carbocycles. The van der Waals surface area contributed by atoms with Crippen LogP contribution in [0.3, 0.4) is 0 Å². The van der Waals surface area contributed by atoms with Crippen molar-refractivity contribution < 1.29 is 13.6 Å². The second kappa shape index (κ2) is 6.87. The Morgan fingerprint density at radius 1 is 1.14 bits per heavy atom. The fourth-order valence-corrected chi connectivity index (χ4v) is 1.82. The molecule has 0 aliphatic rings. The molecular weight excluding hydrogens is 296 g/mol. The van der Waals surface area contributed by atoms with E-state index in [-0.39, 0.29) is 17.1 Å². The smallest absolute Gasteiger partial charge is 0.253 e. The van der Waals surface area contributed by atoms with Gasteiger partial charge in [0.15, 0.2) is 11.6 Å². The van der Waals surface area contributed by atoms with Gasteiger partial charge >= 0.3 is 0 Å². The van der Waals surface area contributed by atoms with Gasteiger partial charge in [0.25, 0.3) is 5.91 Å². The molecule has 2 rings (SSSR count). The lowest BCUT2D eigenvalue weighted by Gasteiger charge is -2.04. The largest absolute Gasteiger partial charge is 0.341 e. The quantitative estimate of drug-likeness (QED) is 0.669. The number of hydrogen-bond donors (Lipinski definition) is 1. The van der Waals surface area contributed by atoms with Crippen LogP contribution in [0.25, 0.3) is 0 Å². The SMILES string of the molecule is O=C(NCC#Cc1ccccc1)c1cc(F)c(F)cc1Cl. The highest BCUT2D eigenvalue weighted by Gasteiger charge is 2.14. The van der Waals surface area contributed by atoms with Crippen molar-refractivity contribution in [1.29, 1.82) is 0 Å². The summed E-state index contributed by atoms with van der Waals surface area (Å²) in [4.78, 5) is 11.8. The normalized spacial score (nSPS) is 9.67. The summed E-state index contributed by atoms with van der Waals surface area (Å²) in [6.45, 7) is 0.0725. The maximum absolute atomic E-state index is 13.1. The Morgan fingerprint density at radius 3 is 2.52 bits per heavy atom. The molecule has 2 aromatic carbocycles. The lowest BCUT2D eigenvalue weighted by Crippen LogP contribution is -2.24. The first-order valence-electron chi connectivity index (χ1n) is 6.04. The van der Waals surface area contributed by atoms with Crippen molar-refractivity contribution >= 4 is 17.5 Å². The van der Waals surface area contributed by atoms with Crippen LogP contribution in [0.15, 0.2) is 42.5 Å². The number of benzene rings is 2. The average molecular weight is 306 g/mol. The first-order valence-corrected chi connectivity index (χ1v) is 6.42. The minimum atomic E-state index is -1.13. The maximum atomic E-state index is 13.1. The van der Waals surface area contributed by atoms with Crippen molar-refractivity contribution in [3.05, 3.63) is 70.2 Å². The highest BCUT2D eigenvalue weighted by Crippen LogP contribution is 2.19. The zero-order valence-corrected chi connectivity index (χ0v) is 11.5. The van der Waals surface area contributed by atoms with E-state index >= 15 is 0 Å². The summed E-state index contributed by atoms with van der Waals surface area (Å²) in [5, 5.41) is 2.32. The van der Waals surface area contributed by atoms with Crippen molar-refractivity contribution in [1.82, 2.24) is 5.32 Å². The molecule has 0 atom stereocenters. The van der Waals surface area contributed by atoms with E-state index in [2.05, 4.69) is 17.2 Å². The molecule has 0 saturated heterocycles. The molecule has 0 fully saturated rings. The number of carbonyl (C=O) groups is 1. The highest BCUT2D eigenvalue weighted by atomic mass is 35.5. The summed E-state index contributed by atoms with van der Waals surface area (Å²) in [6, 6.07) is 10.8. The molecule has 0 aliphatic carbocycles. The minimum absolute atomic E-state index is 0.0725. The van der Waals surface area contributed by atoms with Crippen molar-refractivity contribution in [3.8, 4) is 11.8 Å². The molecule has 0 radical (unpaired) electrons. The van der Waals surface area contributed by atoms with Crippen molar-refractivity contribution in [2.45, 2.75) is 0 Å². The lowest BCUT2D eigenvalue weighted by molar-refractivity contribution is 0.0958. The summed E-state index contributed by atoms with van der Waals surface area (Å²) in [7, 11) is 0. The molecule has 0 spiro atoms. The van der Waals surface area contributed by atoms with Gasteiger partial charge in [0.05, 0.1) is 17.1 Å². The van der Waals surface area contributed by atoms with Crippen molar-refractivity contribution in [3.63, 3.8) is 0 Å². The summed E-state index contributed by atoms with van der Waals surface area (Å²) in [6.07, 6.45) is 0. The van der Waals surface area contributed by atoms with Crippen LogP contribution in [0.4, 0.5) is 8.78 Å². The Hall–Kier alpha value is -2.38. The van der Waals surface area contributed by atoms with Crippen LogP contribution in [0.1, 0.15) is 15.9 Å². The Kier molecular flexibility index (Phi) is 4.91. The number of amides is 1. The van der Waals surface area contributed by atoms with Crippen molar-refractivity contribution in [2.24, 2.45) is 0 Å². The van der Waals surface area contributed by atoms with Gasteiger partial charge in [0.2, 0.25) is 0 Å². The van der Waals surface area contributed by atoms with Crippen LogP contribution in [0.5, 0.6) is 0 Å². The second-order valence-electron chi connectivity index (χ2n) is 4.10. The molecule has 106 valence electrons. The van der Waals surface area contributed by atoms with E-state index in [1.54, 1.807) is 0 Å². The van der Waals surface area contributed by atoms with E-state index in [1.165, 1.54) is 0 Å². The van der Waals surface area contributed by atoms with Crippen LogP contribution < -0.4 is 5.32 Å². The first-order chi connectivity index (χ1) is 10.1. The van der Waals surface area contributed by atoms with E-state index in [0.29, 0.717) is 0 Å². The van der Waals surface area contributed by atoms with Gasteiger partial charge in [-0.3, -0.25) is 4.79 Å². The third-order valence-corrected chi connectivity index (χ3v) is 2.91. The van der Waals surface area contributed by atoms with E-state index in [0.717, 1.165) is 17.7 Å². The number of rotatable bonds is 2. The molecule has 2 aromatic rings. The number of carbonyl (C=O) groups excluding carboxylic acids is 1. The molecule has 1 N–H and O–H groups in total. The predicted molar refractivity (Wildman–Crippen MR) is 77.0 cm³/mol. The fourth-order valence-electron chi connectivity index (χ4n) is 1.58. The number of halogens is 3. The monoisotopic (exact) mass is 305 g/mol. The van der Waals surface area contributed by atoms with Gasteiger partial charge in [0, 0.05) is 5.56 Å². The highest BCUT2D eigenvalue weighted by molar-refractivity contribution is 6.33. The summed E-state index contributed by atoms with van der Waals surface area (Å²) < 4.78 is 26.0. The van der Waals surface area contributed by atoms with Crippen LogP contribution in [0.2, 0.25) is 5.02 Å². The zero-order chi connectivity index (χ0) is 15.2. The van der Waals surface area contributed by atoms with E-state index in [1.807, 2.05) is 30.3 Å². The van der Waals surface area contributed by atoms with Gasteiger partial charge in [-0.25, -0.2) is 8.78 Å². The molecular formula is C16H10ClF2NO. The molecule has 0 aromatic heterocycles. The van der Waals surface area contributed by atoms with Gasteiger partial charge in [0.1, 0.15) is 0 Å². The Morgan fingerprint density at radius 2 is 1.81 bits per heavy atom. The molecule has 0 heterocycles. The van der Waals surface area contributed by atoms with Gasteiger partial charge in [-0.1, -0.05) is 41.6 Å². The second-order valence-corrected chi connectivity index (χ2v) is 4.50. The van der Waals surface area contributed by atoms with Crippen molar-refractivity contribution in [2.75, 3.05) is 6.54 Å². The molecule has 0 bridgehead atoms. The van der Waals surface area contributed by atoms with Gasteiger partial charge in [-0.05, 0) is 24.3 Å². The van der Waals surface area contributed by atoms with E-state index < -0.39 is 17.5 Å². The summed E-state index contributed by atoms with van der Waals surface area (Å²) >= 11 is 5.70. The summed E-state index contributed by atoms with van der Waals surface area (Å²) in [5.41, 5.74) is 0.690. The van der Waals surface area contributed by atoms with Gasteiger partial charge in [-0.15, -0.1) is 0 Å². The Labute approximate surface area is 125 Å². The van der Waals surface area contributed by atoms with E-state index in [4.69, 9.17) is 11.6 Å². The third kappa shape index (κ3) is 4.04. The minimum Gasteiger partial charge on any atom is -0.341 e. The molecule has 0 aliphatic heterocycles. The van der Waals surface area contributed by atoms with Crippen LogP contribution >= 0.6 is 11.6 Å². The van der Waals surface area contributed by atoms with Gasteiger partial charge in [-0.2, -0.15) is 0 Å². The predicted octanol–water partition coefficient (Wildman–Crippen LogP) is 3.40. The third-order valence-electron chi connectivity index (χ3n) is 2.60. The molecule has 0 unspecified atom stereocenters. The Balaban J connectivity index is 2.00. The molecule has 2 nitrogen and oxygen atoms in total. The van der Waals surface area contributed by atoms with Crippen LogP contribution in [0, 0.1) is 23.5 Å². The zero-order valence-electron chi connectivity index (χ0n) is 10.8. The topological polar surface area (TPSA) is 29.1 Å².